The molecule has 102 valence electrons. The molecule has 0 aliphatic carbocycles. The molecule has 5 heteroatoms. The van der Waals surface area contributed by atoms with Gasteiger partial charge in [0, 0.05) is 31.9 Å². The number of rotatable bonds is 5. The van der Waals surface area contributed by atoms with E-state index in [2.05, 4.69) is 20.9 Å². The van der Waals surface area contributed by atoms with E-state index in [0.717, 1.165) is 37.5 Å². The molecule has 1 saturated heterocycles. The predicted molar refractivity (Wildman–Crippen MR) is 72.7 cm³/mol. The first kappa shape index (κ1) is 13.8. The van der Waals surface area contributed by atoms with Crippen molar-refractivity contribution in [2.45, 2.75) is 19.1 Å². The number of nitrogens with zero attached hydrogens (tertiary/aromatic N) is 4. The minimum Gasteiger partial charge on any atom is -0.489 e. The Labute approximate surface area is 114 Å². The van der Waals surface area contributed by atoms with Gasteiger partial charge >= 0.3 is 0 Å². The van der Waals surface area contributed by atoms with Gasteiger partial charge in [0.2, 0.25) is 0 Å². The number of nitriles is 1. The minimum atomic E-state index is 0.183. The van der Waals surface area contributed by atoms with Crippen molar-refractivity contribution in [3.8, 4) is 11.8 Å². The van der Waals surface area contributed by atoms with E-state index >= 15 is 0 Å². The van der Waals surface area contributed by atoms with Gasteiger partial charge in [0.05, 0.1) is 18.3 Å². The standard InChI is InChI=1S/C14H20N4O/c1-17(2)10-12-9-13(3-6-16-12)19-14-4-7-18(11-14)8-5-15/h3,6,9,14H,4,7-8,10-11H2,1-2H3. The van der Waals surface area contributed by atoms with Crippen molar-refractivity contribution in [3.05, 3.63) is 24.0 Å². The van der Waals surface area contributed by atoms with Gasteiger partial charge in [-0.15, -0.1) is 0 Å². The highest BCUT2D eigenvalue weighted by molar-refractivity contribution is 5.23. The van der Waals surface area contributed by atoms with Crippen LogP contribution in [0.1, 0.15) is 12.1 Å². The number of pyridine rings is 1. The van der Waals surface area contributed by atoms with Gasteiger partial charge in [-0.3, -0.25) is 9.88 Å². The molecule has 2 heterocycles. The topological polar surface area (TPSA) is 52.4 Å². The van der Waals surface area contributed by atoms with Crippen LogP contribution in [0.25, 0.3) is 0 Å². The lowest BCUT2D eigenvalue weighted by Gasteiger charge is -2.15. The highest BCUT2D eigenvalue weighted by Gasteiger charge is 2.23. The Bertz CT molecular complexity index is 455. The molecule has 0 spiro atoms. The predicted octanol–water partition coefficient (Wildman–Crippen LogP) is 1.12. The fourth-order valence-electron chi connectivity index (χ4n) is 2.27. The fourth-order valence-corrected chi connectivity index (χ4v) is 2.27. The Balaban J connectivity index is 1.91. The van der Waals surface area contributed by atoms with Gasteiger partial charge in [0.25, 0.3) is 0 Å². The van der Waals surface area contributed by atoms with Crippen molar-refractivity contribution in [3.63, 3.8) is 0 Å². The van der Waals surface area contributed by atoms with E-state index in [1.54, 1.807) is 6.20 Å². The lowest BCUT2D eigenvalue weighted by molar-refractivity contribution is 0.204. The summed E-state index contributed by atoms with van der Waals surface area (Å²) in [5.74, 6) is 0.871. The fraction of sp³-hybridized carbons (Fsp3) is 0.571. The molecule has 1 fully saturated rings. The average Bonchev–Trinajstić information content (AvgIpc) is 2.76. The zero-order chi connectivity index (χ0) is 13.7. The second-order valence-electron chi connectivity index (χ2n) is 5.14. The van der Waals surface area contributed by atoms with Gasteiger partial charge in [-0.2, -0.15) is 5.26 Å². The van der Waals surface area contributed by atoms with Crippen molar-refractivity contribution >= 4 is 0 Å². The highest BCUT2D eigenvalue weighted by atomic mass is 16.5. The van der Waals surface area contributed by atoms with Gasteiger partial charge in [-0.1, -0.05) is 0 Å². The largest absolute Gasteiger partial charge is 0.489 e. The molecule has 1 aliphatic rings. The van der Waals surface area contributed by atoms with E-state index in [-0.39, 0.29) is 6.10 Å². The number of hydrogen-bond acceptors (Lipinski definition) is 5. The molecule has 1 atom stereocenters. The van der Waals surface area contributed by atoms with Crippen LogP contribution in [0, 0.1) is 11.3 Å². The summed E-state index contributed by atoms with van der Waals surface area (Å²) in [6, 6.07) is 6.07. The van der Waals surface area contributed by atoms with Crippen LogP contribution in [0.15, 0.2) is 18.3 Å². The van der Waals surface area contributed by atoms with Gasteiger partial charge < -0.3 is 9.64 Å². The van der Waals surface area contributed by atoms with E-state index in [4.69, 9.17) is 10.00 Å². The van der Waals surface area contributed by atoms with Gasteiger partial charge in [-0.25, -0.2) is 0 Å². The van der Waals surface area contributed by atoms with Crippen LogP contribution >= 0.6 is 0 Å². The normalized spacial score (nSPS) is 19.6. The summed E-state index contributed by atoms with van der Waals surface area (Å²) in [7, 11) is 4.04. The zero-order valence-electron chi connectivity index (χ0n) is 11.5. The van der Waals surface area contributed by atoms with Crippen LogP contribution in [0.5, 0.6) is 5.75 Å². The molecule has 19 heavy (non-hydrogen) atoms. The lowest BCUT2D eigenvalue weighted by Crippen LogP contribution is -2.25. The molecule has 0 bridgehead atoms. The van der Waals surface area contributed by atoms with E-state index in [9.17, 15) is 0 Å². The maximum Gasteiger partial charge on any atom is 0.123 e. The zero-order valence-corrected chi connectivity index (χ0v) is 11.5. The van der Waals surface area contributed by atoms with Crippen molar-refractivity contribution in [2.75, 3.05) is 33.7 Å². The van der Waals surface area contributed by atoms with Crippen molar-refractivity contribution in [1.29, 1.82) is 5.26 Å². The summed E-state index contributed by atoms with van der Waals surface area (Å²) in [5, 5.41) is 8.68. The average molecular weight is 260 g/mol. The molecule has 0 N–H and O–H groups in total. The molecule has 0 amide bonds. The Morgan fingerprint density at radius 3 is 3.16 bits per heavy atom. The molecule has 2 rings (SSSR count). The Kier molecular flexibility index (Phi) is 4.72. The molecule has 1 aliphatic heterocycles. The molecule has 1 aromatic heterocycles. The van der Waals surface area contributed by atoms with E-state index in [1.807, 2.05) is 26.2 Å². The second-order valence-corrected chi connectivity index (χ2v) is 5.14. The third kappa shape index (κ3) is 4.19. The summed E-state index contributed by atoms with van der Waals surface area (Å²) in [5.41, 5.74) is 1.01. The Morgan fingerprint density at radius 2 is 2.42 bits per heavy atom. The van der Waals surface area contributed by atoms with Crippen LogP contribution in [-0.2, 0) is 6.54 Å². The van der Waals surface area contributed by atoms with Crippen LogP contribution in [-0.4, -0.2) is 54.6 Å². The smallest absolute Gasteiger partial charge is 0.123 e. The maximum atomic E-state index is 8.68. The summed E-state index contributed by atoms with van der Waals surface area (Å²) in [6.45, 7) is 3.07. The minimum absolute atomic E-state index is 0.183. The second kappa shape index (κ2) is 6.50. The van der Waals surface area contributed by atoms with E-state index < -0.39 is 0 Å². The molecule has 1 unspecified atom stereocenters. The highest BCUT2D eigenvalue weighted by Crippen LogP contribution is 2.18. The van der Waals surface area contributed by atoms with E-state index in [0.29, 0.717) is 6.54 Å². The number of aromatic nitrogens is 1. The molecular formula is C14H20N4O. The van der Waals surface area contributed by atoms with Crippen molar-refractivity contribution in [1.82, 2.24) is 14.8 Å². The Morgan fingerprint density at radius 1 is 1.58 bits per heavy atom. The van der Waals surface area contributed by atoms with Crippen molar-refractivity contribution in [2.24, 2.45) is 0 Å². The third-order valence-electron chi connectivity index (χ3n) is 3.09. The lowest BCUT2D eigenvalue weighted by atomic mass is 10.3. The maximum absolute atomic E-state index is 8.68. The molecule has 1 aromatic rings. The van der Waals surface area contributed by atoms with Gasteiger partial charge in [-0.05, 0) is 26.6 Å². The van der Waals surface area contributed by atoms with E-state index in [1.165, 1.54) is 0 Å². The van der Waals surface area contributed by atoms with Gasteiger partial charge in [0.1, 0.15) is 11.9 Å². The number of ether oxygens (including phenoxy) is 1. The molecule has 5 nitrogen and oxygen atoms in total. The first-order chi connectivity index (χ1) is 9.17. The Hall–Kier alpha value is -1.64. The summed E-state index contributed by atoms with van der Waals surface area (Å²) < 4.78 is 5.96. The first-order valence-electron chi connectivity index (χ1n) is 6.53. The monoisotopic (exact) mass is 260 g/mol. The number of hydrogen-bond donors (Lipinski definition) is 0. The summed E-state index contributed by atoms with van der Waals surface area (Å²) >= 11 is 0. The SMILES string of the molecule is CN(C)Cc1cc(OC2CCN(CC#N)C2)ccn1. The molecule has 0 radical (unpaired) electrons. The van der Waals surface area contributed by atoms with Crippen LogP contribution in [0.2, 0.25) is 0 Å². The molecular weight excluding hydrogens is 240 g/mol. The summed E-state index contributed by atoms with van der Waals surface area (Å²) in [4.78, 5) is 8.52. The summed E-state index contributed by atoms with van der Waals surface area (Å²) in [6.07, 6.45) is 2.95. The van der Waals surface area contributed by atoms with Crippen LogP contribution in [0.3, 0.4) is 0 Å². The van der Waals surface area contributed by atoms with Crippen LogP contribution in [0.4, 0.5) is 0 Å². The van der Waals surface area contributed by atoms with Gasteiger partial charge in [0.15, 0.2) is 0 Å². The van der Waals surface area contributed by atoms with Crippen LogP contribution < -0.4 is 4.74 Å². The quantitative estimate of drug-likeness (QED) is 0.743. The van der Waals surface area contributed by atoms with Crippen molar-refractivity contribution < 1.29 is 4.74 Å². The molecule has 0 saturated carbocycles. The number of likely N-dealkylation sites (tertiary alicyclic amines) is 1. The molecule has 0 aromatic carbocycles. The third-order valence-corrected chi connectivity index (χ3v) is 3.09. The first-order valence-corrected chi connectivity index (χ1v) is 6.53.